The number of aryl methyl sites for hydroxylation is 1. The van der Waals surface area contributed by atoms with E-state index in [0.717, 1.165) is 29.8 Å². The van der Waals surface area contributed by atoms with E-state index in [-0.39, 0.29) is 0 Å². The highest BCUT2D eigenvalue weighted by Gasteiger charge is 2.02. The summed E-state index contributed by atoms with van der Waals surface area (Å²) in [5.74, 6) is 0.705. The summed E-state index contributed by atoms with van der Waals surface area (Å²) in [6.45, 7) is 2.77. The maximum atomic E-state index is 5.46. The van der Waals surface area contributed by atoms with Crippen molar-refractivity contribution in [1.82, 2.24) is 4.98 Å². The molecule has 1 aromatic heterocycles. The van der Waals surface area contributed by atoms with E-state index >= 15 is 0 Å². The summed E-state index contributed by atoms with van der Waals surface area (Å²) < 4.78 is 5.46. The first-order chi connectivity index (χ1) is 9.31. The molecule has 1 heterocycles. The molecule has 2 aromatic carbocycles. The van der Waals surface area contributed by atoms with Crippen molar-refractivity contribution in [3.05, 3.63) is 60.0 Å². The Morgan fingerprint density at radius 2 is 1.95 bits per heavy atom. The average Bonchev–Trinajstić information content (AvgIpc) is 2.79. The van der Waals surface area contributed by atoms with Crippen molar-refractivity contribution in [1.29, 1.82) is 0 Å². The van der Waals surface area contributed by atoms with Crippen LogP contribution in [0.1, 0.15) is 11.5 Å². The molecular weight excluding hydrogens is 236 g/mol. The van der Waals surface area contributed by atoms with Gasteiger partial charge in [0.25, 0.3) is 0 Å². The van der Waals surface area contributed by atoms with Gasteiger partial charge in [-0.05, 0) is 30.2 Å². The molecule has 19 heavy (non-hydrogen) atoms. The minimum atomic E-state index is 0.705. The molecule has 0 fully saturated rings. The van der Waals surface area contributed by atoms with Crippen LogP contribution in [0.4, 0.5) is 5.69 Å². The number of hydrogen-bond donors (Lipinski definition) is 1. The van der Waals surface area contributed by atoms with Gasteiger partial charge < -0.3 is 9.73 Å². The summed E-state index contributed by atoms with van der Waals surface area (Å²) in [6, 6.07) is 16.5. The number of anilines is 1. The monoisotopic (exact) mass is 252 g/mol. The zero-order chi connectivity index (χ0) is 13.1. The Hall–Kier alpha value is -2.29. The lowest BCUT2D eigenvalue weighted by Crippen LogP contribution is -2.04. The first kappa shape index (κ1) is 11.8. The molecular formula is C16H16N2O. The van der Waals surface area contributed by atoms with Crippen LogP contribution in [-0.2, 0) is 6.42 Å². The van der Waals surface area contributed by atoms with Gasteiger partial charge >= 0.3 is 0 Å². The Balaban J connectivity index is 1.65. The highest BCUT2D eigenvalue weighted by molar-refractivity contribution is 5.77. The van der Waals surface area contributed by atoms with E-state index < -0.39 is 0 Å². The van der Waals surface area contributed by atoms with E-state index in [1.165, 1.54) is 5.56 Å². The second-order valence-electron chi connectivity index (χ2n) is 4.58. The Labute approximate surface area is 112 Å². The zero-order valence-corrected chi connectivity index (χ0v) is 10.9. The van der Waals surface area contributed by atoms with Crippen LogP contribution in [0.25, 0.3) is 11.1 Å². The van der Waals surface area contributed by atoms with E-state index in [4.69, 9.17) is 4.42 Å². The topological polar surface area (TPSA) is 38.1 Å². The lowest BCUT2D eigenvalue weighted by molar-refractivity contribution is 0.561. The number of oxazole rings is 1. The quantitative estimate of drug-likeness (QED) is 0.767. The van der Waals surface area contributed by atoms with Crippen molar-refractivity contribution in [2.75, 3.05) is 11.9 Å². The van der Waals surface area contributed by atoms with Crippen molar-refractivity contribution in [2.45, 2.75) is 13.3 Å². The smallest absolute Gasteiger partial charge is 0.192 e. The number of benzene rings is 2. The number of nitrogens with one attached hydrogen (secondary N) is 1. The largest absolute Gasteiger partial charge is 0.441 e. The van der Waals surface area contributed by atoms with Gasteiger partial charge in [-0.1, -0.05) is 30.3 Å². The zero-order valence-electron chi connectivity index (χ0n) is 10.9. The van der Waals surface area contributed by atoms with Crippen molar-refractivity contribution in [3.63, 3.8) is 0 Å². The van der Waals surface area contributed by atoms with E-state index in [1.807, 2.05) is 31.2 Å². The van der Waals surface area contributed by atoms with Crippen LogP contribution < -0.4 is 5.32 Å². The van der Waals surface area contributed by atoms with E-state index in [2.05, 4.69) is 34.6 Å². The first-order valence-corrected chi connectivity index (χ1v) is 6.46. The molecule has 0 aliphatic rings. The van der Waals surface area contributed by atoms with Gasteiger partial charge in [0.15, 0.2) is 11.5 Å². The molecule has 3 heteroatoms. The summed E-state index contributed by atoms with van der Waals surface area (Å²) >= 11 is 0. The number of rotatable bonds is 4. The lowest BCUT2D eigenvalue weighted by Gasteiger charge is -2.06. The molecule has 0 radical (unpaired) electrons. The number of aromatic nitrogens is 1. The maximum absolute atomic E-state index is 5.46. The second-order valence-corrected chi connectivity index (χ2v) is 4.58. The Bertz CT molecular complexity index is 674. The summed E-state index contributed by atoms with van der Waals surface area (Å²) in [5.41, 5.74) is 4.17. The van der Waals surface area contributed by atoms with Gasteiger partial charge in [0.1, 0.15) is 5.52 Å². The number of hydrogen-bond acceptors (Lipinski definition) is 3. The standard InChI is InChI=1S/C16H16N2O/c1-12-18-15-11-14(7-8-16(15)19-12)17-10-9-13-5-3-2-4-6-13/h2-8,11,17H,9-10H2,1H3. The van der Waals surface area contributed by atoms with E-state index in [0.29, 0.717) is 5.89 Å². The minimum Gasteiger partial charge on any atom is -0.441 e. The molecule has 0 atom stereocenters. The molecule has 3 aromatic rings. The lowest BCUT2D eigenvalue weighted by atomic mass is 10.1. The van der Waals surface area contributed by atoms with Crippen LogP contribution in [0, 0.1) is 6.92 Å². The minimum absolute atomic E-state index is 0.705. The fourth-order valence-electron chi connectivity index (χ4n) is 2.15. The van der Waals surface area contributed by atoms with Crippen molar-refractivity contribution in [2.24, 2.45) is 0 Å². The SMILES string of the molecule is Cc1nc2cc(NCCc3ccccc3)ccc2o1. The molecule has 96 valence electrons. The van der Waals surface area contributed by atoms with Crippen molar-refractivity contribution in [3.8, 4) is 0 Å². The van der Waals surface area contributed by atoms with E-state index in [9.17, 15) is 0 Å². The molecule has 3 rings (SSSR count). The predicted octanol–water partition coefficient (Wildman–Crippen LogP) is 3.79. The van der Waals surface area contributed by atoms with Crippen LogP contribution in [-0.4, -0.2) is 11.5 Å². The molecule has 0 saturated carbocycles. The number of nitrogens with zero attached hydrogens (tertiary/aromatic N) is 1. The second kappa shape index (κ2) is 5.14. The highest BCUT2D eigenvalue weighted by Crippen LogP contribution is 2.19. The Kier molecular flexibility index (Phi) is 3.19. The predicted molar refractivity (Wildman–Crippen MR) is 77.4 cm³/mol. The third-order valence-electron chi connectivity index (χ3n) is 3.08. The molecule has 0 amide bonds. The van der Waals surface area contributed by atoms with Crippen LogP contribution >= 0.6 is 0 Å². The van der Waals surface area contributed by atoms with Crippen molar-refractivity contribution >= 4 is 16.8 Å². The summed E-state index contributed by atoms with van der Waals surface area (Å²) in [5, 5.41) is 3.41. The van der Waals surface area contributed by atoms with Gasteiger partial charge in [-0.3, -0.25) is 0 Å². The van der Waals surface area contributed by atoms with Gasteiger partial charge in [-0.15, -0.1) is 0 Å². The fourth-order valence-corrected chi connectivity index (χ4v) is 2.15. The molecule has 0 aliphatic carbocycles. The third-order valence-corrected chi connectivity index (χ3v) is 3.08. The normalized spacial score (nSPS) is 10.8. The van der Waals surface area contributed by atoms with Gasteiger partial charge in [-0.25, -0.2) is 4.98 Å². The summed E-state index contributed by atoms with van der Waals surface area (Å²) in [7, 11) is 0. The Morgan fingerprint density at radius 3 is 2.79 bits per heavy atom. The fraction of sp³-hybridized carbons (Fsp3) is 0.188. The molecule has 0 aliphatic heterocycles. The Morgan fingerprint density at radius 1 is 1.11 bits per heavy atom. The van der Waals surface area contributed by atoms with Gasteiger partial charge in [-0.2, -0.15) is 0 Å². The average molecular weight is 252 g/mol. The molecule has 0 unspecified atom stereocenters. The maximum Gasteiger partial charge on any atom is 0.192 e. The van der Waals surface area contributed by atoms with Crippen LogP contribution in [0.2, 0.25) is 0 Å². The molecule has 3 nitrogen and oxygen atoms in total. The molecule has 0 saturated heterocycles. The first-order valence-electron chi connectivity index (χ1n) is 6.46. The van der Waals surface area contributed by atoms with Crippen LogP contribution in [0.3, 0.4) is 0 Å². The summed E-state index contributed by atoms with van der Waals surface area (Å²) in [6.07, 6.45) is 1.01. The third kappa shape index (κ3) is 2.76. The summed E-state index contributed by atoms with van der Waals surface area (Å²) in [4.78, 5) is 4.33. The van der Waals surface area contributed by atoms with Crippen molar-refractivity contribution < 1.29 is 4.42 Å². The molecule has 1 N–H and O–H groups in total. The van der Waals surface area contributed by atoms with Gasteiger partial charge in [0.2, 0.25) is 0 Å². The van der Waals surface area contributed by atoms with Crippen LogP contribution in [0.15, 0.2) is 52.9 Å². The van der Waals surface area contributed by atoms with E-state index in [1.54, 1.807) is 0 Å². The molecule has 0 bridgehead atoms. The molecule has 0 spiro atoms. The number of fused-ring (bicyclic) bond motifs is 1. The van der Waals surface area contributed by atoms with Crippen LogP contribution in [0.5, 0.6) is 0 Å². The highest BCUT2D eigenvalue weighted by atomic mass is 16.3. The van der Waals surface area contributed by atoms with Gasteiger partial charge in [0.05, 0.1) is 0 Å². The van der Waals surface area contributed by atoms with Gasteiger partial charge in [0, 0.05) is 19.2 Å².